The van der Waals surface area contributed by atoms with E-state index in [4.69, 9.17) is 4.42 Å². The number of nitrogens with zero attached hydrogens (tertiary/aromatic N) is 4. The van der Waals surface area contributed by atoms with Crippen LogP contribution in [0.3, 0.4) is 0 Å². The minimum atomic E-state index is -1.22. The summed E-state index contributed by atoms with van der Waals surface area (Å²) in [5.41, 5.74) is -0.156. The highest BCUT2D eigenvalue weighted by molar-refractivity contribution is 5.87. The quantitative estimate of drug-likeness (QED) is 0.722. The molecule has 0 aromatic carbocycles. The second-order valence-corrected chi connectivity index (χ2v) is 4.17. The summed E-state index contributed by atoms with van der Waals surface area (Å²) in [6.07, 6.45) is 1.45. The van der Waals surface area contributed by atoms with E-state index in [1.54, 1.807) is 12.1 Å². The van der Waals surface area contributed by atoms with Crippen LogP contribution in [0.1, 0.15) is 16.2 Å². The molecule has 9 heteroatoms. The molecule has 3 aromatic rings. The van der Waals surface area contributed by atoms with Gasteiger partial charge in [-0.05, 0) is 19.1 Å². The van der Waals surface area contributed by atoms with E-state index in [1.165, 1.54) is 19.3 Å². The van der Waals surface area contributed by atoms with Crippen molar-refractivity contribution in [2.45, 2.75) is 6.92 Å². The lowest BCUT2D eigenvalue weighted by Crippen LogP contribution is -2.20. The lowest BCUT2D eigenvalue weighted by atomic mass is 10.3. The summed E-state index contributed by atoms with van der Waals surface area (Å²) in [7, 11) is 0. The van der Waals surface area contributed by atoms with Gasteiger partial charge in [0.05, 0.1) is 6.26 Å². The number of aromatic amines is 1. The zero-order chi connectivity index (χ0) is 15.0. The van der Waals surface area contributed by atoms with Crippen LogP contribution < -0.4 is 5.56 Å². The van der Waals surface area contributed by atoms with E-state index in [-0.39, 0.29) is 17.3 Å². The third kappa shape index (κ3) is 2.20. The Kier molecular flexibility index (Phi) is 2.87. The topological polar surface area (TPSA) is 127 Å². The van der Waals surface area contributed by atoms with Crippen molar-refractivity contribution in [2.75, 3.05) is 0 Å². The maximum atomic E-state index is 11.6. The average molecular weight is 287 g/mol. The molecule has 0 amide bonds. The molecule has 0 spiro atoms. The van der Waals surface area contributed by atoms with Gasteiger partial charge in [0, 0.05) is 6.07 Å². The Balaban J connectivity index is 2.19. The normalized spacial score (nSPS) is 10.7. The van der Waals surface area contributed by atoms with Gasteiger partial charge in [0.15, 0.2) is 11.5 Å². The minimum Gasteiger partial charge on any atom is -0.477 e. The summed E-state index contributed by atoms with van der Waals surface area (Å²) in [4.78, 5) is 25.3. The molecule has 3 rings (SSSR count). The van der Waals surface area contributed by atoms with Crippen molar-refractivity contribution in [3.8, 4) is 17.4 Å². The van der Waals surface area contributed by atoms with Crippen molar-refractivity contribution in [2.24, 2.45) is 0 Å². The molecule has 106 valence electrons. The monoisotopic (exact) mass is 287 g/mol. The van der Waals surface area contributed by atoms with E-state index in [0.29, 0.717) is 11.5 Å². The van der Waals surface area contributed by atoms with Crippen molar-refractivity contribution < 1.29 is 14.3 Å². The highest BCUT2D eigenvalue weighted by Gasteiger charge is 2.19. The lowest BCUT2D eigenvalue weighted by Gasteiger charge is -2.01. The van der Waals surface area contributed by atoms with Gasteiger partial charge in [-0.3, -0.25) is 9.78 Å². The maximum absolute atomic E-state index is 11.6. The first-order valence-electron chi connectivity index (χ1n) is 5.87. The van der Waals surface area contributed by atoms with Crippen LogP contribution in [0.15, 0.2) is 33.7 Å². The van der Waals surface area contributed by atoms with Gasteiger partial charge in [-0.15, -0.1) is 10.2 Å². The fourth-order valence-electron chi connectivity index (χ4n) is 1.72. The van der Waals surface area contributed by atoms with Crippen LogP contribution in [0, 0.1) is 6.92 Å². The summed E-state index contributed by atoms with van der Waals surface area (Å²) in [6.45, 7) is 1.49. The standard InChI is InChI=1S/C12H9N5O4/c1-6-10(18)13-12(15-14-6)17-8(11(19)20)5-7(16-17)9-3-2-4-21-9/h2-5H,1H3,(H,19,20)(H,13,15,18). The zero-order valence-electron chi connectivity index (χ0n) is 10.8. The van der Waals surface area contributed by atoms with Crippen LogP contribution in [0.5, 0.6) is 0 Å². The van der Waals surface area contributed by atoms with Crippen molar-refractivity contribution in [3.63, 3.8) is 0 Å². The Morgan fingerprint density at radius 2 is 2.24 bits per heavy atom. The molecule has 0 bridgehead atoms. The Morgan fingerprint density at radius 1 is 1.43 bits per heavy atom. The van der Waals surface area contributed by atoms with Gasteiger partial charge in [0.2, 0.25) is 0 Å². The smallest absolute Gasteiger partial charge is 0.354 e. The Labute approximate surface area is 116 Å². The van der Waals surface area contributed by atoms with E-state index in [0.717, 1.165) is 4.68 Å². The van der Waals surface area contributed by atoms with Crippen LogP contribution in [0.4, 0.5) is 0 Å². The first-order valence-corrected chi connectivity index (χ1v) is 5.87. The number of hydrogen-bond acceptors (Lipinski definition) is 6. The van der Waals surface area contributed by atoms with Gasteiger partial charge in [-0.2, -0.15) is 9.78 Å². The molecule has 2 N–H and O–H groups in total. The minimum absolute atomic E-state index is 0.0826. The number of aromatic nitrogens is 5. The van der Waals surface area contributed by atoms with E-state index in [2.05, 4.69) is 20.3 Å². The highest BCUT2D eigenvalue weighted by Crippen LogP contribution is 2.20. The molecule has 0 saturated heterocycles. The van der Waals surface area contributed by atoms with Gasteiger partial charge in [-0.25, -0.2) is 4.79 Å². The van der Waals surface area contributed by atoms with Crippen LogP contribution in [-0.4, -0.2) is 36.0 Å². The van der Waals surface area contributed by atoms with Crippen molar-refractivity contribution in [1.29, 1.82) is 0 Å². The summed E-state index contributed by atoms with van der Waals surface area (Å²) in [5, 5.41) is 20.7. The molecule has 0 radical (unpaired) electrons. The molecule has 0 atom stereocenters. The number of aromatic carboxylic acids is 1. The Hall–Kier alpha value is -3.23. The van der Waals surface area contributed by atoms with Crippen LogP contribution in [0.25, 0.3) is 17.4 Å². The van der Waals surface area contributed by atoms with E-state index in [9.17, 15) is 14.7 Å². The molecular weight excluding hydrogens is 278 g/mol. The summed E-state index contributed by atoms with van der Waals surface area (Å²) in [5.74, 6) is -0.900. The van der Waals surface area contributed by atoms with Gasteiger partial charge >= 0.3 is 5.97 Å². The van der Waals surface area contributed by atoms with Gasteiger partial charge in [0.25, 0.3) is 11.5 Å². The van der Waals surface area contributed by atoms with Gasteiger partial charge in [0.1, 0.15) is 11.4 Å². The highest BCUT2D eigenvalue weighted by atomic mass is 16.4. The number of aryl methyl sites for hydroxylation is 1. The van der Waals surface area contributed by atoms with Gasteiger partial charge < -0.3 is 9.52 Å². The third-order valence-corrected chi connectivity index (χ3v) is 2.75. The molecule has 0 saturated carbocycles. The molecule has 0 fully saturated rings. The fourth-order valence-corrected chi connectivity index (χ4v) is 1.72. The van der Waals surface area contributed by atoms with Gasteiger partial charge in [-0.1, -0.05) is 0 Å². The van der Waals surface area contributed by atoms with Crippen molar-refractivity contribution in [1.82, 2.24) is 25.0 Å². The molecule has 0 aliphatic carbocycles. The summed E-state index contributed by atoms with van der Waals surface area (Å²) < 4.78 is 6.16. The lowest BCUT2D eigenvalue weighted by molar-refractivity contribution is 0.0686. The Bertz CT molecular complexity index is 862. The Morgan fingerprint density at radius 3 is 2.86 bits per heavy atom. The van der Waals surface area contributed by atoms with E-state index >= 15 is 0 Å². The number of nitrogens with one attached hydrogen (secondary N) is 1. The van der Waals surface area contributed by atoms with E-state index in [1.807, 2.05) is 0 Å². The second-order valence-electron chi connectivity index (χ2n) is 4.17. The predicted molar refractivity (Wildman–Crippen MR) is 69.2 cm³/mol. The number of hydrogen-bond donors (Lipinski definition) is 2. The van der Waals surface area contributed by atoms with Crippen LogP contribution in [0.2, 0.25) is 0 Å². The SMILES string of the molecule is Cc1nnc(-n2nc(-c3ccco3)cc2C(=O)O)[nH]c1=O. The number of carboxylic acids is 1. The van der Waals surface area contributed by atoms with E-state index < -0.39 is 11.5 Å². The zero-order valence-corrected chi connectivity index (χ0v) is 10.8. The number of carbonyl (C=O) groups is 1. The molecule has 3 aromatic heterocycles. The second kappa shape index (κ2) is 4.71. The predicted octanol–water partition coefficient (Wildman–Crippen LogP) is 0.617. The van der Waals surface area contributed by atoms with Crippen molar-refractivity contribution >= 4 is 5.97 Å². The molecule has 3 heterocycles. The first-order chi connectivity index (χ1) is 10.1. The molecule has 0 unspecified atom stereocenters. The number of carboxylic acid groups (broad SMARTS) is 1. The first kappa shape index (κ1) is 12.8. The van der Waals surface area contributed by atoms with Crippen molar-refractivity contribution in [3.05, 3.63) is 46.2 Å². The largest absolute Gasteiger partial charge is 0.477 e. The molecular formula is C12H9N5O4. The number of rotatable bonds is 3. The maximum Gasteiger partial charge on any atom is 0.354 e. The molecule has 9 nitrogen and oxygen atoms in total. The summed E-state index contributed by atoms with van der Waals surface area (Å²) in [6, 6.07) is 4.62. The summed E-state index contributed by atoms with van der Waals surface area (Å²) >= 11 is 0. The molecule has 0 aliphatic rings. The molecule has 0 aliphatic heterocycles. The third-order valence-electron chi connectivity index (χ3n) is 2.75. The fraction of sp³-hybridized carbons (Fsp3) is 0.0833. The number of furan rings is 1. The number of H-pyrrole nitrogens is 1. The average Bonchev–Trinajstić information content (AvgIpc) is 3.09. The van der Waals surface area contributed by atoms with Crippen LogP contribution in [-0.2, 0) is 0 Å². The van der Waals surface area contributed by atoms with Crippen LogP contribution >= 0.6 is 0 Å². The molecule has 21 heavy (non-hydrogen) atoms.